The second-order valence-electron chi connectivity index (χ2n) is 6.84. The van der Waals surface area contributed by atoms with Gasteiger partial charge in [-0.3, -0.25) is 14.6 Å². The summed E-state index contributed by atoms with van der Waals surface area (Å²) in [4.78, 5) is 28.9. The molecule has 0 saturated carbocycles. The van der Waals surface area contributed by atoms with Crippen LogP contribution in [0.3, 0.4) is 0 Å². The van der Waals surface area contributed by atoms with Crippen molar-refractivity contribution < 1.29 is 19.1 Å². The third kappa shape index (κ3) is 3.64. The summed E-state index contributed by atoms with van der Waals surface area (Å²) in [5.74, 6) is -0.0532. The lowest BCUT2D eigenvalue weighted by molar-refractivity contribution is -0.119. The Hall–Kier alpha value is -3.45. The van der Waals surface area contributed by atoms with Crippen LogP contribution >= 0.6 is 0 Å². The zero-order chi connectivity index (χ0) is 20.4. The van der Waals surface area contributed by atoms with Gasteiger partial charge >= 0.3 is 0 Å². The Kier molecular flexibility index (Phi) is 5.14. The smallest absolute Gasteiger partial charge is 0.250 e. The van der Waals surface area contributed by atoms with E-state index in [1.807, 2.05) is 36.4 Å². The number of aromatic nitrogens is 1. The molecule has 0 saturated heterocycles. The summed E-state index contributed by atoms with van der Waals surface area (Å²) in [7, 11) is 2.98. The van der Waals surface area contributed by atoms with Crippen LogP contribution < -0.4 is 15.4 Å². The van der Waals surface area contributed by atoms with Gasteiger partial charge in [0.1, 0.15) is 12.4 Å². The number of benzene rings is 2. The lowest BCUT2D eigenvalue weighted by Gasteiger charge is -2.28. The number of carbonyl (C=O) groups excluding carboxylic acids is 2. The molecule has 0 spiro atoms. The molecule has 0 unspecified atom stereocenters. The molecule has 2 amide bonds. The van der Waals surface area contributed by atoms with E-state index in [-0.39, 0.29) is 24.3 Å². The van der Waals surface area contributed by atoms with Gasteiger partial charge in [-0.2, -0.15) is 0 Å². The van der Waals surface area contributed by atoms with Crippen LogP contribution in [0.2, 0.25) is 0 Å². The van der Waals surface area contributed by atoms with E-state index in [0.29, 0.717) is 23.5 Å². The standard InChI is InChI=1S/C22H21N3O4/c1-28-12-22(27)25-19-9-16-15(10-21(26)24-18(16)11-20(19)29-2)13-7-8-23-17-6-4-3-5-14(13)17/h3-9,11,15H,10,12H2,1-2H3,(H,24,26)(H,25,27)/t15-/m1/s1. The lowest BCUT2D eigenvalue weighted by atomic mass is 9.83. The normalized spacial score (nSPS) is 15.5. The first kappa shape index (κ1) is 18.9. The molecule has 1 aromatic heterocycles. The highest BCUT2D eigenvalue weighted by Gasteiger charge is 2.29. The molecule has 1 aliphatic heterocycles. The molecule has 0 fully saturated rings. The number of para-hydroxylation sites is 1. The number of nitrogens with one attached hydrogen (secondary N) is 2. The van der Waals surface area contributed by atoms with Crippen molar-refractivity contribution in [3.8, 4) is 5.75 Å². The highest BCUT2D eigenvalue weighted by atomic mass is 16.5. The van der Waals surface area contributed by atoms with Crippen molar-refractivity contribution >= 4 is 34.1 Å². The largest absolute Gasteiger partial charge is 0.494 e. The molecule has 1 atom stereocenters. The van der Waals surface area contributed by atoms with Gasteiger partial charge < -0.3 is 20.1 Å². The molecule has 0 radical (unpaired) electrons. The van der Waals surface area contributed by atoms with E-state index in [4.69, 9.17) is 9.47 Å². The number of rotatable bonds is 5. The molecule has 2 N–H and O–H groups in total. The Morgan fingerprint density at radius 1 is 1.21 bits per heavy atom. The third-order valence-corrected chi connectivity index (χ3v) is 5.02. The number of amides is 2. The van der Waals surface area contributed by atoms with Crippen LogP contribution in [-0.4, -0.2) is 37.6 Å². The van der Waals surface area contributed by atoms with E-state index in [0.717, 1.165) is 22.0 Å². The summed E-state index contributed by atoms with van der Waals surface area (Å²) in [6, 6.07) is 13.4. The van der Waals surface area contributed by atoms with Gasteiger partial charge in [0.05, 0.1) is 18.3 Å². The average molecular weight is 391 g/mol. The summed E-state index contributed by atoms with van der Waals surface area (Å²) in [6.07, 6.45) is 2.06. The van der Waals surface area contributed by atoms with E-state index in [9.17, 15) is 9.59 Å². The molecule has 4 rings (SSSR count). The number of hydrogen-bond acceptors (Lipinski definition) is 5. The number of methoxy groups -OCH3 is 2. The number of ether oxygens (including phenoxy) is 2. The maximum absolute atomic E-state index is 12.4. The minimum Gasteiger partial charge on any atom is -0.494 e. The van der Waals surface area contributed by atoms with Crippen molar-refractivity contribution in [3.63, 3.8) is 0 Å². The molecular weight excluding hydrogens is 370 g/mol. The summed E-state index contributed by atoms with van der Waals surface area (Å²) < 4.78 is 10.3. The molecule has 148 valence electrons. The first-order valence-electron chi connectivity index (χ1n) is 9.25. The minimum atomic E-state index is -0.281. The molecule has 7 nitrogen and oxygen atoms in total. The molecule has 1 aliphatic rings. The van der Waals surface area contributed by atoms with E-state index >= 15 is 0 Å². The first-order valence-corrected chi connectivity index (χ1v) is 9.25. The fraction of sp³-hybridized carbons (Fsp3) is 0.227. The number of nitrogens with zero attached hydrogens (tertiary/aromatic N) is 1. The van der Waals surface area contributed by atoms with Crippen LogP contribution in [0.25, 0.3) is 10.9 Å². The van der Waals surface area contributed by atoms with E-state index in [2.05, 4.69) is 15.6 Å². The molecular formula is C22H21N3O4. The Balaban J connectivity index is 1.84. The minimum absolute atomic E-state index is 0.0601. The Morgan fingerprint density at radius 3 is 2.83 bits per heavy atom. The van der Waals surface area contributed by atoms with Gasteiger partial charge in [0.25, 0.3) is 0 Å². The number of carbonyl (C=O) groups is 2. The summed E-state index contributed by atoms with van der Waals surface area (Å²) in [5.41, 5.74) is 4.02. The predicted octanol–water partition coefficient (Wildman–Crippen LogP) is 3.30. The maximum atomic E-state index is 12.4. The fourth-order valence-electron chi connectivity index (χ4n) is 3.77. The zero-order valence-corrected chi connectivity index (χ0v) is 16.2. The first-order chi connectivity index (χ1) is 14.1. The van der Waals surface area contributed by atoms with Crippen LogP contribution in [0.1, 0.15) is 23.5 Å². The van der Waals surface area contributed by atoms with Crippen LogP contribution in [0.4, 0.5) is 11.4 Å². The van der Waals surface area contributed by atoms with Gasteiger partial charge in [-0.25, -0.2) is 0 Å². The van der Waals surface area contributed by atoms with Gasteiger partial charge in [0.2, 0.25) is 11.8 Å². The van der Waals surface area contributed by atoms with E-state index < -0.39 is 0 Å². The van der Waals surface area contributed by atoms with Gasteiger partial charge in [-0.15, -0.1) is 0 Å². The van der Waals surface area contributed by atoms with Crippen molar-refractivity contribution in [1.29, 1.82) is 0 Å². The molecule has 29 heavy (non-hydrogen) atoms. The zero-order valence-electron chi connectivity index (χ0n) is 16.2. The SMILES string of the molecule is COCC(=O)Nc1cc2c(cc1OC)NC(=O)C[C@@H]2c1ccnc2ccccc12. The monoisotopic (exact) mass is 391 g/mol. The average Bonchev–Trinajstić information content (AvgIpc) is 2.72. The van der Waals surface area contributed by atoms with Crippen LogP contribution in [0.5, 0.6) is 5.75 Å². The summed E-state index contributed by atoms with van der Waals surface area (Å²) in [6.45, 7) is -0.0601. The second-order valence-corrected chi connectivity index (χ2v) is 6.84. The van der Waals surface area contributed by atoms with Crippen LogP contribution in [0.15, 0.2) is 48.7 Å². The van der Waals surface area contributed by atoms with Crippen LogP contribution in [-0.2, 0) is 14.3 Å². The van der Waals surface area contributed by atoms with Gasteiger partial charge in [-0.05, 0) is 29.3 Å². The highest BCUT2D eigenvalue weighted by Crippen LogP contribution is 2.43. The molecule has 0 aliphatic carbocycles. The lowest BCUT2D eigenvalue weighted by Crippen LogP contribution is -2.24. The molecule has 7 heteroatoms. The van der Waals surface area contributed by atoms with Crippen LogP contribution in [0, 0.1) is 0 Å². The predicted molar refractivity (Wildman–Crippen MR) is 110 cm³/mol. The Bertz CT molecular complexity index is 1090. The summed E-state index contributed by atoms with van der Waals surface area (Å²) in [5, 5.41) is 6.74. The Labute approximate surface area is 168 Å². The topological polar surface area (TPSA) is 89.5 Å². The van der Waals surface area contributed by atoms with Gasteiger partial charge in [-0.1, -0.05) is 18.2 Å². The number of anilines is 2. The number of hydrogen-bond donors (Lipinski definition) is 2. The van der Waals surface area contributed by atoms with Crippen molar-refractivity contribution in [2.24, 2.45) is 0 Å². The van der Waals surface area contributed by atoms with E-state index in [1.165, 1.54) is 14.2 Å². The van der Waals surface area contributed by atoms with Gasteiger partial charge in [0.15, 0.2) is 0 Å². The highest BCUT2D eigenvalue weighted by molar-refractivity contribution is 5.99. The molecule has 2 aromatic carbocycles. The molecule has 3 aromatic rings. The van der Waals surface area contributed by atoms with Crippen molar-refractivity contribution in [2.45, 2.75) is 12.3 Å². The number of fused-ring (bicyclic) bond motifs is 2. The second kappa shape index (κ2) is 7.89. The number of pyridine rings is 1. The van der Waals surface area contributed by atoms with Crippen molar-refractivity contribution in [1.82, 2.24) is 4.98 Å². The maximum Gasteiger partial charge on any atom is 0.250 e. The summed E-state index contributed by atoms with van der Waals surface area (Å²) >= 11 is 0. The van der Waals surface area contributed by atoms with Crippen molar-refractivity contribution in [2.75, 3.05) is 31.5 Å². The van der Waals surface area contributed by atoms with E-state index in [1.54, 1.807) is 12.3 Å². The quantitative estimate of drug-likeness (QED) is 0.697. The molecule has 2 heterocycles. The third-order valence-electron chi connectivity index (χ3n) is 5.02. The van der Waals surface area contributed by atoms with Gasteiger partial charge in [0, 0.05) is 42.8 Å². The fourth-order valence-corrected chi connectivity index (χ4v) is 3.77. The Morgan fingerprint density at radius 2 is 2.03 bits per heavy atom. The molecule has 0 bridgehead atoms. The van der Waals surface area contributed by atoms with Crippen molar-refractivity contribution in [3.05, 3.63) is 59.8 Å².